The van der Waals surface area contributed by atoms with Gasteiger partial charge in [-0.1, -0.05) is 0 Å². The number of rotatable bonds is 4. The first-order valence-corrected chi connectivity index (χ1v) is 9.95. The average Bonchev–Trinajstić information content (AvgIpc) is 3.08. The van der Waals surface area contributed by atoms with E-state index in [1.165, 1.54) is 13.2 Å². The van der Waals surface area contributed by atoms with Crippen LogP contribution in [0, 0.1) is 0 Å². The quantitative estimate of drug-likeness (QED) is 0.650. The van der Waals surface area contributed by atoms with E-state index in [0.29, 0.717) is 54.3 Å². The maximum Gasteiger partial charge on any atom is 0.349 e. The van der Waals surface area contributed by atoms with Crippen molar-refractivity contribution < 1.29 is 23.5 Å². The second-order valence-corrected chi connectivity index (χ2v) is 7.14. The standard InChI is InChI=1S/C23H22N2O6/c1-29-18-7-8-20-16(13-18)14-19(23(28)31-20)21(26)24-17-5-3-15(4-6-17)22(27)25-9-2-11-30-12-10-25/h3-8,13-14H,2,9-12H2,1H3,(H,24,26). The number of hydrogen-bond acceptors (Lipinski definition) is 6. The number of methoxy groups -OCH3 is 1. The molecule has 160 valence electrons. The first-order chi connectivity index (χ1) is 15.0. The molecule has 1 aliphatic heterocycles. The van der Waals surface area contributed by atoms with Crippen molar-refractivity contribution in [3.05, 3.63) is 70.1 Å². The molecule has 0 saturated carbocycles. The van der Waals surface area contributed by atoms with Crippen LogP contribution in [-0.2, 0) is 4.74 Å². The number of nitrogens with one attached hydrogen (secondary N) is 1. The topological polar surface area (TPSA) is 98.1 Å². The van der Waals surface area contributed by atoms with Gasteiger partial charge in [0.2, 0.25) is 0 Å². The molecule has 2 aromatic carbocycles. The monoisotopic (exact) mass is 422 g/mol. The Balaban J connectivity index is 1.50. The Morgan fingerprint density at radius 2 is 1.84 bits per heavy atom. The van der Waals surface area contributed by atoms with Gasteiger partial charge in [0.05, 0.1) is 13.7 Å². The highest BCUT2D eigenvalue weighted by molar-refractivity contribution is 6.05. The highest BCUT2D eigenvalue weighted by Gasteiger charge is 2.18. The molecule has 4 rings (SSSR count). The second kappa shape index (κ2) is 9.01. The van der Waals surface area contributed by atoms with Crippen molar-refractivity contribution in [1.82, 2.24) is 4.90 Å². The molecule has 1 aromatic heterocycles. The van der Waals surface area contributed by atoms with Gasteiger partial charge in [-0.25, -0.2) is 4.79 Å². The molecule has 0 aliphatic carbocycles. The van der Waals surface area contributed by atoms with Crippen LogP contribution in [0.2, 0.25) is 0 Å². The molecule has 1 fully saturated rings. The van der Waals surface area contributed by atoms with Crippen molar-refractivity contribution in [2.24, 2.45) is 0 Å². The second-order valence-electron chi connectivity index (χ2n) is 7.14. The van der Waals surface area contributed by atoms with Crippen LogP contribution in [-0.4, -0.2) is 50.1 Å². The third kappa shape index (κ3) is 4.59. The van der Waals surface area contributed by atoms with Gasteiger partial charge in [0.25, 0.3) is 11.8 Å². The van der Waals surface area contributed by atoms with E-state index in [1.54, 1.807) is 47.4 Å². The normalized spacial score (nSPS) is 14.2. The molecule has 31 heavy (non-hydrogen) atoms. The van der Waals surface area contributed by atoms with Crippen molar-refractivity contribution >= 4 is 28.5 Å². The minimum Gasteiger partial charge on any atom is -0.497 e. The number of amides is 2. The first-order valence-electron chi connectivity index (χ1n) is 9.95. The summed E-state index contributed by atoms with van der Waals surface area (Å²) in [7, 11) is 1.53. The van der Waals surface area contributed by atoms with Crippen molar-refractivity contribution in [2.75, 3.05) is 38.7 Å². The molecule has 0 bridgehead atoms. The van der Waals surface area contributed by atoms with Crippen LogP contribution in [0.15, 0.2) is 57.7 Å². The fourth-order valence-electron chi connectivity index (χ4n) is 3.41. The van der Waals surface area contributed by atoms with E-state index in [4.69, 9.17) is 13.9 Å². The Hall–Kier alpha value is -3.65. The predicted molar refractivity (Wildman–Crippen MR) is 115 cm³/mol. The number of benzene rings is 2. The Morgan fingerprint density at radius 3 is 2.61 bits per heavy atom. The van der Waals surface area contributed by atoms with Gasteiger partial charge in [-0.3, -0.25) is 9.59 Å². The van der Waals surface area contributed by atoms with Crippen molar-refractivity contribution in [3.63, 3.8) is 0 Å². The van der Waals surface area contributed by atoms with Crippen molar-refractivity contribution in [2.45, 2.75) is 6.42 Å². The molecule has 0 radical (unpaired) electrons. The third-order valence-electron chi connectivity index (χ3n) is 5.08. The van der Waals surface area contributed by atoms with Crippen LogP contribution in [0.25, 0.3) is 11.0 Å². The molecule has 2 heterocycles. The van der Waals surface area contributed by atoms with E-state index in [1.807, 2.05) is 0 Å². The zero-order chi connectivity index (χ0) is 21.8. The van der Waals surface area contributed by atoms with Gasteiger partial charge in [0.15, 0.2) is 0 Å². The highest BCUT2D eigenvalue weighted by atomic mass is 16.5. The zero-order valence-electron chi connectivity index (χ0n) is 17.1. The van der Waals surface area contributed by atoms with Crippen molar-refractivity contribution in [1.29, 1.82) is 0 Å². The maximum absolute atomic E-state index is 12.6. The minimum atomic E-state index is -0.731. The summed E-state index contributed by atoms with van der Waals surface area (Å²) in [4.78, 5) is 39.3. The summed E-state index contributed by atoms with van der Waals surface area (Å²) in [5.41, 5.74) is 0.503. The van der Waals surface area contributed by atoms with E-state index in [9.17, 15) is 14.4 Å². The molecular formula is C23H22N2O6. The van der Waals surface area contributed by atoms with Gasteiger partial charge in [0.1, 0.15) is 16.9 Å². The number of anilines is 1. The Labute approximate surface area is 178 Å². The summed E-state index contributed by atoms with van der Waals surface area (Å²) in [6.07, 6.45) is 0.806. The summed E-state index contributed by atoms with van der Waals surface area (Å²) in [6, 6.07) is 13.0. The maximum atomic E-state index is 12.6. The predicted octanol–water partition coefficient (Wildman–Crippen LogP) is 2.92. The smallest absolute Gasteiger partial charge is 0.349 e. The molecular weight excluding hydrogens is 400 g/mol. The van der Waals surface area contributed by atoms with Gasteiger partial charge in [0, 0.05) is 36.3 Å². The van der Waals surface area contributed by atoms with Crippen LogP contribution < -0.4 is 15.7 Å². The summed E-state index contributed by atoms with van der Waals surface area (Å²) in [5.74, 6) is -0.0846. The minimum absolute atomic E-state index is 0.0764. The van der Waals surface area contributed by atoms with E-state index in [0.717, 1.165) is 6.42 Å². The van der Waals surface area contributed by atoms with Gasteiger partial charge >= 0.3 is 5.63 Å². The molecule has 3 aromatic rings. The number of ether oxygens (including phenoxy) is 2. The zero-order valence-corrected chi connectivity index (χ0v) is 17.1. The largest absolute Gasteiger partial charge is 0.497 e. The fraction of sp³-hybridized carbons (Fsp3) is 0.261. The SMILES string of the molecule is COc1ccc2oc(=O)c(C(=O)Nc3ccc(C(=O)N4CCCOCC4)cc3)cc2c1. The number of carbonyl (C=O) groups excluding carboxylic acids is 2. The van der Waals surface area contributed by atoms with Crippen LogP contribution in [0.3, 0.4) is 0 Å². The van der Waals surface area contributed by atoms with Gasteiger partial charge in [-0.2, -0.15) is 0 Å². The van der Waals surface area contributed by atoms with Gasteiger partial charge in [-0.05, 0) is 55.0 Å². The van der Waals surface area contributed by atoms with Crippen molar-refractivity contribution in [3.8, 4) is 5.75 Å². The van der Waals surface area contributed by atoms with Crippen LogP contribution in [0.1, 0.15) is 27.1 Å². The number of fused-ring (bicyclic) bond motifs is 1. The third-order valence-corrected chi connectivity index (χ3v) is 5.08. The molecule has 1 N–H and O–H groups in total. The highest BCUT2D eigenvalue weighted by Crippen LogP contribution is 2.21. The number of hydrogen-bond donors (Lipinski definition) is 1. The van der Waals surface area contributed by atoms with Crippen LogP contribution in [0.4, 0.5) is 5.69 Å². The van der Waals surface area contributed by atoms with Crippen LogP contribution in [0.5, 0.6) is 5.75 Å². The molecule has 8 heteroatoms. The molecule has 1 saturated heterocycles. The summed E-state index contributed by atoms with van der Waals surface area (Å²) in [5, 5.41) is 3.25. The molecule has 8 nitrogen and oxygen atoms in total. The van der Waals surface area contributed by atoms with Crippen LogP contribution >= 0.6 is 0 Å². The average molecular weight is 422 g/mol. The number of carbonyl (C=O) groups is 2. The Kier molecular flexibility index (Phi) is 5.99. The van der Waals surface area contributed by atoms with Gasteiger partial charge in [-0.15, -0.1) is 0 Å². The first kappa shape index (κ1) is 20.6. The fourth-order valence-corrected chi connectivity index (χ4v) is 3.41. The van der Waals surface area contributed by atoms with E-state index >= 15 is 0 Å². The Morgan fingerprint density at radius 1 is 1.03 bits per heavy atom. The Bertz CT molecular complexity index is 1160. The lowest BCUT2D eigenvalue weighted by Crippen LogP contribution is -2.33. The van der Waals surface area contributed by atoms with E-state index in [2.05, 4.69) is 5.32 Å². The summed E-state index contributed by atoms with van der Waals surface area (Å²) >= 11 is 0. The summed E-state index contributed by atoms with van der Waals surface area (Å²) in [6.45, 7) is 2.39. The lowest BCUT2D eigenvalue weighted by atomic mass is 10.1. The molecule has 0 unspecified atom stereocenters. The lowest BCUT2D eigenvalue weighted by Gasteiger charge is -2.19. The van der Waals surface area contributed by atoms with E-state index < -0.39 is 11.5 Å². The number of nitrogens with zero attached hydrogens (tertiary/aromatic N) is 1. The molecule has 2 amide bonds. The molecule has 0 spiro atoms. The van der Waals surface area contributed by atoms with Gasteiger partial charge < -0.3 is 24.1 Å². The van der Waals surface area contributed by atoms with E-state index in [-0.39, 0.29) is 11.5 Å². The summed E-state index contributed by atoms with van der Waals surface area (Å²) < 4.78 is 15.8. The molecule has 0 atom stereocenters. The molecule has 1 aliphatic rings. The lowest BCUT2D eigenvalue weighted by molar-refractivity contribution is 0.0741.